The van der Waals surface area contributed by atoms with Gasteiger partial charge in [-0.2, -0.15) is 5.10 Å². The quantitative estimate of drug-likeness (QED) is 0.883. The number of nitrogen functional groups attached to an aromatic ring is 1. The Hall–Kier alpha value is -1.72. The van der Waals surface area contributed by atoms with Gasteiger partial charge in [0.1, 0.15) is 5.82 Å². The number of nitrogens with zero attached hydrogens (tertiary/aromatic N) is 4. The highest BCUT2D eigenvalue weighted by Gasteiger charge is 2.23. The van der Waals surface area contributed by atoms with Crippen LogP contribution in [0.4, 0.5) is 11.5 Å². The molecule has 1 fully saturated rings. The van der Waals surface area contributed by atoms with E-state index in [1.807, 2.05) is 16.6 Å². The second-order valence-corrected chi connectivity index (χ2v) is 5.75. The van der Waals surface area contributed by atoms with E-state index >= 15 is 0 Å². The van der Waals surface area contributed by atoms with Crippen LogP contribution >= 0.6 is 0 Å². The average Bonchev–Trinajstić information content (AvgIpc) is 2.56. The number of carbonyl (C=O) groups excluding carboxylic acids is 1. The molecule has 0 spiro atoms. The van der Waals surface area contributed by atoms with Crippen molar-refractivity contribution in [3.63, 3.8) is 0 Å². The lowest BCUT2D eigenvalue weighted by molar-refractivity contribution is -0.128. The third-order valence-corrected chi connectivity index (χ3v) is 3.87. The number of rotatable bonds is 2. The van der Waals surface area contributed by atoms with Gasteiger partial charge in [0.05, 0.1) is 11.4 Å². The van der Waals surface area contributed by atoms with Gasteiger partial charge in [-0.3, -0.25) is 9.48 Å². The number of amides is 1. The fourth-order valence-corrected chi connectivity index (χ4v) is 2.80. The second-order valence-electron chi connectivity index (χ2n) is 5.75. The minimum Gasteiger partial charge on any atom is -0.394 e. The molecule has 0 atom stereocenters. The molecule has 1 aliphatic rings. The Bertz CT molecular complexity index is 494. The van der Waals surface area contributed by atoms with Crippen molar-refractivity contribution in [2.24, 2.45) is 7.05 Å². The minimum atomic E-state index is 0.146. The first-order chi connectivity index (χ1) is 9.41. The van der Waals surface area contributed by atoms with Crippen molar-refractivity contribution in [2.75, 3.05) is 36.8 Å². The molecular formula is C14H25N5O. The van der Waals surface area contributed by atoms with Crippen LogP contribution in [-0.4, -0.2) is 46.8 Å². The largest absolute Gasteiger partial charge is 0.394 e. The molecule has 6 nitrogen and oxygen atoms in total. The van der Waals surface area contributed by atoms with Gasteiger partial charge in [-0.25, -0.2) is 0 Å². The van der Waals surface area contributed by atoms with Gasteiger partial charge in [0.15, 0.2) is 0 Å². The molecule has 2 heterocycles. The predicted molar refractivity (Wildman–Crippen MR) is 80.8 cm³/mol. The molecule has 0 radical (unpaired) electrons. The molecule has 0 saturated carbocycles. The van der Waals surface area contributed by atoms with Gasteiger partial charge in [-0.1, -0.05) is 13.8 Å². The third kappa shape index (κ3) is 2.73. The zero-order chi connectivity index (χ0) is 14.9. The van der Waals surface area contributed by atoms with E-state index in [0.29, 0.717) is 5.92 Å². The van der Waals surface area contributed by atoms with E-state index in [1.165, 1.54) is 0 Å². The molecule has 0 aliphatic carbocycles. The van der Waals surface area contributed by atoms with E-state index in [9.17, 15) is 4.79 Å². The lowest BCUT2D eigenvalue weighted by atomic mass is 10.1. The van der Waals surface area contributed by atoms with Gasteiger partial charge in [0.25, 0.3) is 0 Å². The number of hydrogen-bond acceptors (Lipinski definition) is 4. The number of aryl methyl sites for hydroxylation is 1. The van der Waals surface area contributed by atoms with E-state index in [0.717, 1.165) is 49.8 Å². The second kappa shape index (κ2) is 5.73. The zero-order valence-electron chi connectivity index (χ0n) is 12.9. The summed E-state index contributed by atoms with van der Waals surface area (Å²) in [6.07, 6.45) is 0.960. The Kier molecular flexibility index (Phi) is 4.20. The average molecular weight is 279 g/mol. The van der Waals surface area contributed by atoms with Gasteiger partial charge < -0.3 is 15.5 Å². The van der Waals surface area contributed by atoms with Gasteiger partial charge in [-0.15, -0.1) is 0 Å². The topological polar surface area (TPSA) is 67.4 Å². The monoisotopic (exact) mass is 279 g/mol. The van der Waals surface area contributed by atoms with Gasteiger partial charge in [0.2, 0.25) is 5.91 Å². The lowest BCUT2D eigenvalue weighted by Gasteiger charge is -2.23. The highest BCUT2D eigenvalue weighted by Crippen LogP contribution is 2.31. The van der Waals surface area contributed by atoms with Crippen molar-refractivity contribution in [3.05, 3.63) is 5.69 Å². The number of anilines is 2. The molecule has 1 amide bonds. The van der Waals surface area contributed by atoms with Crippen LogP contribution in [0.3, 0.4) is 0 Å². The van der Waals surface area contributed by atoms with Crippen LogP contribution in [-0.2, 0) is 11.8 Å². The maximum atomic E-state index is 11.5. The summed E-state index contributed by atoms with van der Waals surface area (Å²) in [5, 5.41) is 4.54. The van der Waals surface area contributed by atoms with Crippen molar-refractivity contribution < 1.29 is 4.79 Å². The summed E-state index contributed by atoms with van der Waals surface area (Å²) >= 11 is 0. The Labute approximate surface area is 120 Å². The highest BCUT2D eigenvalue weighted by molar-refractivity contribution is 5.73. The van der Waals surface area contributed by atoms with Crippen molar-refractivity contribution in [1.29, 1.82) is 0 Å². The molecular weight excluding hydrogens is 254 g/mol. The van der Waals surface area contributed by atoms with Crippen molar-refractivity contribution in [3.8, 4) is 0 Å². The van der Waals surface area contributed by atoms with Crippen LogP contribution in [0.25, 0.3) is 0 Å². The van der Waals surface area contributed by atoms with Crippen LogP contribution in [0.15, 0.2) is 0 Å². The molecule has 0 aromatic carbocycles. The molecule has 2 rings (SSSR count). The molecule has 0 bridgehead atoms. The molecule has 0 unspecified atom stereocenters. The Morgan fingerprint density at radius 2 is 1.95 bits per heavy atom. The fraction of sp³-hybridized carbons (Fsp3) is 0.714. The molecule has 1 aromatic heterocycles. The number of hydrogen-bond donors (Lipinski definition) is 1. The molecule has 20 heavy (non-hydrogen) atoms. The van der Waals surface area contributed by atoms with Gasteiger partial charge in [0, 0.05) is 40.2 Å². The Balaban J connectivity index is 2.22. The first-order valence-electron chi connectivity index (χ1n) is 7.24. The smallest absolute Gasteiger partial charge is 0.219 e. The fourth-order valence-electron chi connectivity index (χ4n) is 2.80. The minimum absolute atomic E-state index is 0.146. The summed E-state index contributed by atoms with van der Waals surface area (Å²) in [6, 6.07) is 0. The van der Waals surface area contributed by atoms with Crippen molar-refractivity contribution in [2.45, 2.75) is 33.1 Å². The van der Waals surface area contributed by atoms with Crippen molar-refractivity contribution >= 4 is 17.4 Å². The van der Waals surface area contributed by atoms with E-state index in [-0.39, 0.29) is 5.91 Å². The maximum absolute atomic E-state index is 11.5. The van der Waals surface area contributed by atoms with Crippen molar-refractivity contribution in [1.82, 2.24) is 14.7 Å². The third-order valence-electron chi connectivity index (χ3n) is 3.87. The predicted octanol–water partition coefficient (Wildman–Crippen LogP) is 1.18. The maximum Gasteiger partial charge on any atom is 0.219 e. The number of nitrogens with two attached hydrogens (primary N) is 1. The van der Waals surface area contributed by atoms with E-state index in [2.05, 4.69) is 23.8 Å². The summed E-state index contributed by atoms with van der Waals surface area (Å²) in [7, 11) is 1.94. The normalized spacial score (nSPS) is 16.6. The summed E-state index contributed by atoms with van der Waals surface area (Å²) in [5.74, 6) is 1.45. The van der Waals surface area contributed by atoms with E-state index in [1.54, 1.807) is 6.92 Å². The summed E-state index contributed by atoms with van der Waals surface area (Å²) in [5.41, 5.74) is 8.01. The number of carbonyl (C=O) groups is 1. The zero-order valence-corrected chi connectivity index (χ0v) is 12.9. The summed E-state index contributed by atoms with van der Waals surface area (Å²) < 4.78 is 1.87. The van der Waals surface area contributed by atoms with Crippen LogP contribution in [0, 0.1) is 0 Å². The first kappa shape index (κ1) is 14.7. The molecule has 1 aromatic rings. The van der Waals surface area contributed by atoms with Gasteiger partial charge in [-0.05, 0) is 12.3 Å². The molecule has 6 heteroatoms. The molecule has 1 saturated heterocycles. The highest BCUT2D eigenvalue weighted by atomic mass is 16.2. The molecule has 2 N–H and O–H groups in total. The van der Waals surface area contributed by atoms with Crippen LogP contribution in [0.2, 0.25) is 0 Å². The number of aromatic nitrogens is 2. The van der Waals surface area contributed by atoms with E-state index < -0.39 is 0 Å². The van der Waals surface area contributed by atoms with Crippen LogP contribution < -0.4 is 10.6 Å². The Morgan fingerprint density at radius 1 is 1.25 bits per heavy atom. The van der Waals surface area contributed by atoms with Gasteiger partial charge >= 0.3 is 0 Å². The summed E-state index contributed by atoms with van der Waals surface area (Å²) in [4.78, 5) is 15.6. The Morgan fingerprint density at radius 3 is 2.50 bits per heavy atom. The molecule has 112 valence electrons. The first-order valence-corrected chi connectivity index (χ1v) is 7.24. The van der Waals surface area contributed by atoms with Crippen LogP contribution in [0.1, 0.15) is 38.8 Å². The summed E-state index contributed by atoms with van der Waals surface area (Å²) in [6.45, 7) is 9.11. The SMILES string of the molecule is CC(=O)N1CCCN(c2c(N)c(C(C)C)nn2C)CC1. The molecule has 1 aliphatic heterocycles. The van der Waals surface area contributed by atoms with E-state index in [4.69, 9.17) is 5.73 Å². The lowest BCUT2D eigenvalue weighted by Crippen LogP contribution is -2.34. The standard InChI is InChI=1S/C14H25N5O/c1-10(2)13-12(15)14(17(4)16-13)19-7-5-6-18(8-9-19)11(3)20/h10H,5-9,15H2,1-4H3. The van der Waals surface area contributed by atoms with Crippen LogP contribution in [0.5, 0.6) is 0 Å².